The molecule has 0 aliphatic carbocycles. The van der Waals surface area contributed by atoms with Gasteiger partial charge in [-0.15, -0.1) is 0 Å². The van der Waals surface area contributed by atoms with Gasteiger partial charge in [0.15, 0.2) is 5.82 Å². The van der Waals surface area contributed by atoms with Gasteiger partial charge in [0.05, 0.1) is 36.7 Å². The number of fused-ring (bicyclic) bond motifs is 1. The van der Waals surface area contributed by atoms with E-state index in [1.54, 1.807) is 24.5 Å². The number of nitrogens with one attached hydrogen (secondary N) is 2. The van der Waals surface area contributed by atoms with E-state index in [0.717, 1.165) is 13.0 Å². The van der Waals surface area contributed by atoms with Crippen LogP contribution in [-0.4, -0.2) is 66.6 Å². The Labute approximate surface area is 185 Å². The predicted molar refractivity (Wildman–Crippen MR) is 120 cm³/mol. The Balaban J connectivity index is 1.55. The fourth-order valence-corrected chi connectivity index (χ4v) is 4.39. The van der Waals surface area contributed by atoms with Crippen molar-refractivity contribution in [3.05, 3.63) is 42.5 Å². The van der Waals surface area contributed by atoms with Gasteiger partial charge in [-0.25, -0.2) is 18.7 Å². The molecule has 5 rings (SSSR count). The van der Waals surface area contributed by atoms with E-state index < -0.39 is 5.67 Å². The number of para-hydroxylation sites is 1. The van der Waals surface area contributed by atoms with Crippen molar-refractivity contribution in [2.45, 2.75) is 18.5 Å². The third-order valence-corrected chi connectivity index (χ3v) is 6.04. The van der Waals surface area contributed by atoms with Crippen LogP contribution in [0.3, 0.4) is 0 Å². The van der Waals surface area contributed by atoms with Crippen LogP contribution >= 0.6 is 0 Å². The van der Waals surface area contributed by atoms with Crippen molar-refractivity contribution in [2.75, 3.05) is 56.2 Å². The monoisotopic (exact) mass is 440 g/mol. The lowest BCUT2D eigenvalue weighted by Gasteiger charge is -2.31. The number of alkyl halides is 1. The summed E-state index contributed by atoms with van der Waals surface area (Å²) in [5.74, 6) is 0.140. The van der Waals surface area contributed by atoms with Crippen LogP contribution in [0.25, 0.3) is 22.3 Å². The first-order valence-corrected chi connectivity index (χ1v) is 11.0. The molecule has 7 nitrogen and oxygen atoms in total. The predicted octanol–water partition coefficient (Wildman–Crippen LogP) is 3.17. The van der Waals surface area contributed by atoms with Crippen molar-refractivity contribution in [2.24, 2.45) is 0 Å². The van der Waals surface area contributed by atoms with Crippen molar-refractivity contribution in [1.29, 1.82) is 0 Å². The molecule has 0 spiro atoms. The summed E-state index contributed by atoms with van der Waals surface area (Å²) in [7, 11) is 0. The van der Waals surface area contributed by atoms with E-state index in [1.807, 2.05) is 11.0 Å². The van der Waals surface area contributed by atoms with Crippen LogP contribution in [-0.2, 0) is 4.74 Å². The van der Waals surface area contributed by atoms with E-state index in [1.165, 1.54) is 6.07 Å². The number of hydrogen-bond donors (Lipinski definition) is 2. The normalized spacial score (nSPS) is 21.6. The van der Waals surface area contributed by atoms with E-state index in [9.17, 15) is 4.39 Å². The van der Waals surface area contributed by atoms with Gasteiger partial charge in [-0.2, -0.15) is 0 Å². The molecular formula is C23H26F2N6O. The van der Waals surface area contributed by atoms with E-state index in [-0.39, 0.29) is 12.4 Å². The molecule has 2 saturated heterocycles. The number of halogens is 2. The van der Waals surface area contributed by atoms with E-state index in [4.69, 9.17) is 9.72 Å². The summed E-state index contributed by atoms with van der Waals surface area (Å²) in [5, 5.41) is 6.28. The molecule has 2 fully saturated rings. The third kappa shape index (κ3) is 4.22. The maximum Gasteiger partial charge on any atom is 0.155 e. The lowest BCUT2D eigenvalue weighted by molar-refractivity contribution is 0.122. The highest BCUT2D eigenvalue weighted by Crippen LogP contribution is 2.35. The molecule has 0 radical (unpaired) electrons. The van der Waals surface area contributed by atoms with Gasteiger partial charge in [0.1, 0.15) is 17.0 Å². The molecule has 4 heterocycles. The molecule has 168 valence electrons. The fraction of sp³-hybridized carbons (Fsp3) is 0.435. The topological polar surface area (TPSA) is 75.2 Å². The summed E-state index contributed by atoms with van der Waals surface area (Å²) < 4.78 is 35.6. The molecular weight excluding hydrogens is 414 g/mol. The molecule has 0 amide bonds. The van der Waals surface area contributed by atoms with Crippen LogP contribution in [0.15, 0.2) is 36.7 Å². The van der Waals surface area contributed by atoms with Gasteiger partial charge >= 0.3 is 0 Å². The lowest BCUT2D eigenvalue weighted by Crippen LogP contribution is -2.46. The number of pyridine rings is 1. The average Bonchev–Trinajstić information content (AvgIpc) is 2.83. The summed E-state index contributed by atoms with van der Waals surface area (Å²) in [6.07, 6.45) is 4.47. The number of benzene rings is 1. The zero-order valence-electron chi connectivity index (χ0n) is 17.8. The van der Waals surface area contributed by atoms with Crippen LogP contribution < -0.4 is 15.5 Å². The molecule has 3 aromatic rings. The number of ether oxygens (including phenoxy) is 1. The summed E-state index contributed by atoms with van der Waals surface area (Å²) in [6, 6.07) is 6.79. The van der Waals surface area contributed by atoms with Crippen molar-refractivity contribution in [3.8, 4) is 11.3 Å². The van der Waals surface area contributed by atoms with Crippen LogP contribution in [0.2, 0.25) is 0 Å². The Bertz CT molecular complexity index is 1100. The highest BCUT2D eigenvalue weighted by molar-refractivity contribution is 5.90. The van der Waals surface area contributed by atoms with E-state index in [0.29, 0.717) is 73.1 Å². The maximum atomic E-state index is 15.2. The summed E-state index contributed by atoms with van der Waals surface area (Å²) in [5.41, 5.74) is 1.55. The number of hydrogen-bond acceptors (Lipinski definition) is 7. The number of aromatic nitrogens is 3. The second-order valence-corrected chi connectivity index (χ2v) is 8.30. The molecule has 1 atom stereocenters. The van der Waals surface area contributed by atoms with Crippen molar-refractivity contribution in [1.82, 2.24) is 20.3 Å². The third-order valence-electron chi connectivity index (χ3n) is 6.04. The lowest BCUT2D eigenvalue weighted by atomic mass is 9.96. The van der Waals surface area contributed by atoms with E-state index in [2.05, 4.69) is 20.6 Å². The van der Waals surface area contributed by atoms with Crippen LogP contribution in [0.4, 0.5) is 20.3 Å². The first-order valence-electron chi connectivity index (χ1n) is 11.0. The second-order valence-electron chi connectivity index (χ2n) is 8.30. The summed E-state index contributed by atoms with van der Waals surface area (Å²) in [6.45, 7) is 3.54. The highest BCUT2D eigenvalue weighted by Gasteiger charge is 2.32. The fourth-order valence-electron chi connectivity index (χ4n) is 4.39. The number of anilines is 2. The first kappa shape index (κ1) is 21.0. The zero-order valence-corrected chi connectivity index (χ0v) is 17.8. The Kier molecular flexibility index (Phi) is 5.84. The summed E-state index contributed by atoms with van der Waals surface area (Å²) in [4.78, 5) is 15.6. The van der Waals surface area contributed by atoms with Gasteiger partial charge in [-0.05, 0) is 31.5 Å². The minimum absolute atomic E-state index is 0.113. The molecule has 2 aliphatic heterocycles. The van der Waals surface area contributed by atoms with Crippen molar-refractivity contribution in [3.63, 3.8) is 0 Å². The molecule has 2 aromatic heterocycles. The standard InChI is InChI=1S/C23H26F2N6O/c24-17-4-1-3-16(21(17)31-9-11-32-12-10-31)18-13-19-20(28-8-7-27-19)22(30-18)29-15-23(25)5-2-6-26-14-23/h1,3-4,7-8,13,26H,2,5-6,9-12,14-15H2,(H,29,30)/t23-/m0/s1. The Morgan fingerprint density at radius 3 is 2.84 bits per heavy atom. The number of piperidine rings is 1. The van der Waals surface area contributed by atoms with Crippen LogP contribution in [0, 0.1) is 5.82 Å². The van der Waals surface area contributed by atoms with Gasteiger partial charge in [0, 0.05) is 37.6 Å². The SMILES string of the molecule is Fc1cccc(-c2cc3nccnc3c(NC[C@]3(F)CCCNC3)n2)c1N1CCOCC1. The summed E-state index contributed by atoms with van der Waals surface area (Å²) >= 11 is 0. The van der Waals surface area contributed by atoms with Gasteiger partial charge in [0.25, 0.3) is 0 Å². The van der Waals surface area contributed by atoms with Gasteiger partial charge in [0.2, 0.25) is 0 Å². The average molecular weight is 440 g/mol. The minimum Gasteiger partial charge on any atom is -0.378 e. The number of morpholine rings is 1. The Morgan fingerprint density at radius 1 is 1.19 bits per heavy atom. The zero-order chi connectivity index (χ0) is 22.0. The molecule has 1 aromatic carbocycles. The van der Waals surface area contributed by atoms with Gasteiger partial charge < -0.3 is 20.3 Å². The maximum absolute atomic E-state index is 15.2. The minimum atomic E-state index is -1.36. The Morgan fingerprint density at radius 2 is 2.03 bits per heavy atom. The quantitative estimate of drug-likeness (QED) is 0.631. The molecule has 0 unspecified atom stereocenters. The van der Waals surface area contributed by atoms with Gasteiger partial charge in [-0.1, -0.05) is 12.1 Å². The molecule has 0 bridgehead atoms. The largest absolute Gasteiger partial charge is 0.378 e. The van der Waals surface area contributed by atoms with E-state index >= 15 is 4.39 Å². The number of nitrogens with zero attached hydrogens (tertiary/aromatic N) is 4. The first-order chi connectivity index (χ1) is 15.6. The van der Waals surface area contributed by atoms with Crippen molar-refractivity contribution < 1.29 is 13.5 Å². The van der Waals surface area contributed by atoms with Gasteiger partial charge in [-0.3, -0.25) is 4.98 Å². The van der Waals surface area contributed by atoms with Crippen LogP contribution in [0.1, 0.15) is 12.8 Å². The molecule has 2 N–H and O–H groups in total. The molecule has 9 heteroatoms. The van der Waals surface area contributed by atoms with Crippen LogP contribution in [0.5, 0.6) is 0 Å². The number of rotatable bonds is 5. The molecule has 2 aliphatic rings. The highest BCUT2D eigenvalue weighted by atomic mass is 19.1. The second kappa shape index (κ2) is 8.91. The van der Waals surface area contributed by atoms with Crippen molar-refractivity contribution >= 4 is 22.5 Å². The molecule has 32 heavy (non-hydrogen) atoms. The Hall–Kier alpha value is -2.91. The smallest absolute Gasteiger partial charge is 0.155 e. The molecule has 0 saturated carbocycles.